The summed E-state index contributed by atoms with van der Waals surface area (Å²) in [7, 11) is 4.17. The highest BCUT2D eigenvalue weighted by molar-refractivity contribution is 5.73. The molecule has 0 fully saturated rings. The third-order valence-electron chi connectivity index (χ3n) is 9.78. The molecule has 290 valence electrons. The van der Waals surface area contributed by atoms with Crippen molar-refractivity contribution in [3.8, 4) is 5.75 Å². The Morgan fingerprint density at radius 3 is 1.36 bits per heavy atom. The number of aromatic hydroxyl groups is 1. The van der Waals surface area contributed by atoms with Gasteiger partial charge in [0.05, 0.1) is 12.0 Å². The predicted octanol–water partition coefficient (Wildman–Crippen LogP) is 10.1. The summed E-state index contributed by atoms with van der Waals surface area (Å²) >= 11 is 0. The number of ether oxygens (including phenoxy) is 1. The monoisotopic (exact) mass is 741 g/mol. The Morgan fingerprint density at radius 1 is 0.600 bits per heavy atom. The lowest BCUT2D eigenvalue weighted by Gasteiger charge is -2.39. The zero-order chi connectivity index (χ0) is 39.8. The van der Waals surface area contributed by atoms with Gasteiger partial charge in [-0.25, -0.2) is 0 Å². The molecule has 0 radical (unpaired) electrons. The topological polar surface area (TPSA) is 89.1 Å². The van der Waals surface area contributed by atoms with Crippen molar-refractivity contribution in [2.75, 3.05) is 54.3 Å². The molecule has 8 nitrogen and oxygen atoms in total. The summed E-state index contributed by atoms with van der Waals surface area (Å²) < 4.78 is 5.88. The number of carbonyl (C=O) groups is 1. The van der Waals surface area contributed by atoms with Crippen LogP contribution in [0.1, 0.15) is 65.2 Å². The maximum Gasteiger partial charge on any atom is 0.311 e. The Morgan fingerprint density at radius 2 is 0.982 bits per heavy atom. The molecule has 0 aliphatic carbocycles. The summed E-state index contributed by atoms with van der Waals surface area (Å²) in [5.41, 5.74) is 7.65. The first kappa shape index (κ1) is 40.7. The van der Waals surface area contributed by atoms with Gasteiger partial charge in [-0.2, -0.15) is 0 Å². The average Bonchev–Trinajstić information content (AvgIpc) is 3.12. The van der Waals surface area contributed by atoms with Crippen molar-refractivity contribution in [3.63, 3.8) is 0 Å². The van der Waals surface area contributed by atoms with Gasteiger partial charge in [0.25, 0.3) is 0 Å². The van der Waals surface area contributed by atoms with Crippen molar-refractivity contribution in [1.29, 1.82) is 0 Å². The summed E-state index contributed by atoms with van der Waals surface area (Å²) in [5, 5.41) is 21.7. The number of esters is 1. The number of nitrogens with zero attached hydrogens (tertiary/aromatic N) is 2. The number of rotatable bonds is 15. The van der Waals surface area contributed by atoms with Crippen molar-refractivity contribution < 1.29 is 14.6 Å². The SMILES string of the molecule is CN(CC(C)(CN(C)c1ccc(Nc2ccccc2)cc1)NCOC(=O)Cc1cc(C(C)(C)C)c(O)c(C(C)(C)C)c1)c1ccc(Nc2ccccc2)cc1. The lowest BCUT2D eigenvalue weighted by atomic mass is 9.78. The van der Waals surface area contributed by atoms with Crippen LogP contribution in [0.5, 0.6) is 5.75 Å². The summed E-state index contributed by atoms with van der Waals surface area (Å²) in [6.45, 7) is 15.9. The second-order valence-electron chi connectivity index (χ2n) is 16.9. The van der Waals surface area contributed by atoms with Gasteiger partial charge in [-0.1, -0.05) is 90.1 Å². The lowest BCUT2D eigenvalue weighted by Crippen LogP contribution is -2.57. The molecule has 55 heavy (non-hydrogen) atoms. The minimum absolute atomic E-state index is 0.0488. The summed E-state index contributed by atoms with van der Waals surface area (Å²) in [4.78, 5) is 17.8. The van der Waals surface area contributed by atoms with Crippen LogP contribution >= 0.6 is 0 Å². The van der Waals surface area contributed by atoms with Gasteiger partial charge in [0.15, 0.2) is 0 Å². The number of carbonyl (C=O) groups excluding carboxylic acids is 1. The van der Waals surface area contributed by atoms with E-state index in [9.17, 15) is 9.90 Å². The predicted molar refractivity (Wildman–Crippen MR) is 231 cm³/mol. The van der Waals surface area contributed by atoms with Crippen LogP contribution in [0.3, 0.4) is 0 Å². The highest BCUT2D eigenvalue weighted by Gasteiger charge is 2.30. The molecule has 0 spiro atoms. The number of phenols is 1. The normalized spacial score (nSPS) is 11.9. The van der Waals surface area contributed by atoms with Crippen LogP contribution in [0.4, 0.5) is 34.1 Å². The number of nitrogens with one attached hydrogen (secondary N) is 3. The number of hydrogen-bond donors (Lipinski definition) is 4. The van der Waals surface area contributed by atoms with E-state index in [1.165, 1.54) is 0 Å². The van der Waals surface area contributed by atoms with Crippen molar-refractivity contribution in [3.05, 3.63) is 138 Å². The Hall–Kier alpha value is -5.47. The number of likely N-dealkylation sites (N-methyl/N-ethyl adjacent to an activating group) is 2. The van der Waals surface area contributed by atoms with E-state index in [1.54, 1.807) is 0 Å². The Balaban J connectivity index is 1.29. The highest BCUT2D eigenvalue weighted by atomic mass is 16.5. The Kier molecular flexibility index (Phi) is 12.8. The van der Waals surface area contributed by atoms with Gasteiger partial charge in [0, 0.05) is 61.3 Å². The zero-order valence-corrected chi connectivity index (χ0v) is 34.0. The molecule has 5 rings (SSSR count). The van der Waals surface area contributed by atoms with Gasteiger partial charge in [0.1, 0.15) is 12.5 Å². The van der Waals surface area contributed by atoms with Crippen LogP contribution in [-0.4, -0.2) is 50.5 Å². The molecule has 0 aromatic heterocycles. The first-order chi connectivity index (χ1) is 26.0. The molecule has 0 saturated heterocycles. The van der Waals surface area contributed by atoms with E-state index < -0.39 is 5.54 Å². The second kappa shape index (κ2) is 17.3. The molecule has 0 heterocycles. The van der Waals surface area contributed by atoms with Crippen molar-refractivity contribution in [2.45, 2.75) is 71.3 Å². The maximum absolute atomic E-state index is 13.4. The molecule has 0 unspecified atom stereocenters. The van der Waals surface area contributed by atoms with Gasteiger partial charge < -0.3 is 30.3 Å². The van der Waals surface area contributed by atoms with E-state index >= 15 is 0 Å². The van der Waals surface area contributed by atoms with Crippen LogP contribution in [0, 0.1) is 0 Å². The van der Waals surface area contributed by atoms with Crippen molar-refractivity contribution >= 4 is 40.1 Å². The number of hydrogen-bond acceptors (Lipinski definition) is 8. The van der Waals surface area contributed by atoms with E-state index in [-0.39, 0.29) is 30.0 Å². The maximum atomic E-state index is 13.4. The molecule has 0 saturated carbocycles. The van der Waals surface area contributed by atoms with Gasteiger partial charge >= 0.3 is 5.97 Å². The molecule has 4 N–H and O–H groups in total. The summed E-state index contributed by atoms with van der Waals surface area (Å²) in [6.07, 6.45) is 0.109. The van der Waals surface area contributed by atoms with Crippen LogP contribution in [0.2, 0.25) is 0 Å². The van der Waals surface area contributed by atoms with Crippen molar-refractivity contribution in [1.82, 2.24) is 5.32 Å². The molecule has 5 aromatic carbocycles. The van der Waals surface area contributed by atoms with Gasteiger partial charge in [0.2, 0.25) is 0 Å². The quantitative estimate of drug-likeness (QED) is 0.0623. The van der Waals surface area contributed by atoms with Gasteiger partial charge in [-0.05, 0) is 107 Å². The molecular weight excluding hydrogens is 683 g/mol. The van der Waals surface area contributed by atoms with E-state index in [1.807, 2.05) is 72.8 Å². The zero-order valence-electron chi connectivity index (χ0n) is 34.0. The Bertz CT molecular complexity index is 1860. The van der Waals surface area contributed by atoms with E-state index in [4.69, 9.17) is 4.74 Å². The molecule has 5 aromatic rings. The molecular formula is C47H59N5O3. The largest absolute Gasteiger partial charge is 0.507 e. The third-order valence-corrected chi connectivity index (χ3v) is 9.78. The van der Waals surface area contributed by atoms with E-state index in [0.717, 1.165) is 50.8 Å². The standard InChI is InChI=1S/C47H59N5O3/c1-45(2,3)41-28-34(29-42(44(41)54)46(4,5)6)30-43(53)55-33-48-47(7,31-51(8)39-24-20-37(21-25-39)49-35-16-12-10-13-17-35)32-52(9)40-26-22-38(23-27-40)50-36-18-14-11-15-19-36/h10-29,48-50,54H,30-33H2,1-9H3. The molecule has 0 aliphatic heterocycles. The fourth-order valence-corrected chi connectivity index (χ4v) is 6.81. The molecule has 0 amide bonds. The number of anilines is 6. The third kappa shape index (κ3) is 11.5. The minimum atomic E-state index is -0.497. The second-order valence-corrected chi connectivity index (χ2v) is 16.9. The van der Waals surface area contributed by atoms with Crippen LogP contribution in [-0.2, 0) is 26.8 Å². The fourth-order valence-electron chi connectivity index (χ4n) is 6.81. The molecule has 0 bridgehead atoms. The van der Waals surface area contributed by atoms with Crippen molar-refractivity contribution in [2.24, 2.45) is 0 Å². The first-order valence-corrected chi connectivity index (χ1v) is 19.0. The number of benzene rings is 5. The highest BCUT2D eigenvalue weighted by Crippen LogP contribution is 2.40. The molecule has 0 atom stereocenters. The fraction of sp³-hybridized carbons (Fsp3) is 0.340. The van der Waals surface area contributed by atoms with E-state index in [0.29, 0.717) is 18.8 Å². The summed E-state index contributed by atoms with van der Waals surface area (Å²) in [6, 6.07) is 40.9. The van der Waals surface area contributed by atoms with Gasteiger partial charge in [-0.3, -0.25) is 10.1 Å². The van der Waals surface area contributed by atoms with Gasteiger partial charge in [-0.15, -0.1) is 0 Å². The smallest absolute Gasteiger partial charge is 0.311 e. The van der Waals surface area contributed by atoms with Crippen LogP contribution < -0.4 is 25.8 Å². The van der Waals surface area contributed by atoms with E-state index in [2.05, 4.69) is 137 Å². The lowest BCUT2D eigenvalue weighted by molar-refractivity contribution is -0.144. The summed E-state index contributed by atoms with van der Waals surface area (Å²) in [5.74, 6) is -0.0306. The molecule has 0 aliphatic rings. The van der Waals surface area contributed by atoms with Crippen LogP contribution in [0.25, 0.3) is 0 Å². The number of phenolic OH excluding ortho intramolecular Hbond substituents is 1. The van der Waals surface area contributed by atoms with Crippen LogP contribution in [0.15, 0.2) is 121 Å². The molecule has 8 heteroatoms. The number of para-hydroxylation sites is 2. The Labute approximate surface area is 328 Å². The average molecular weight is 742 g/mol. The first-order valence-electron chi connectivity index (χ1n) is 19.0. The minimum Gasteiger partial charge on any atom is -0.507 e.